The van der Waals surface area contributed by atoms with E-state index in [9.17, 15) is 5.21 Å². The Balaban J connectivity index is 1.68. The van der Waals surface area contributed by atoms with Gasteiger partial charge in [-0.1, -0.05) is 11.0 Å². The van der Waals surface area contributed by atoms with Gasteiger partial charge in [0.1, 0.15) is 6.20 Å². The Morgan fingerprint density at radius 3 is 3.14 bits per heavy atom. The quantitative estimate of drug-likeness (QED) is 0.454. The minimum atomic E-state index is -0.964. The number of rotatable bonds is 0. The van der Waals surface area contributed by atoms with Crippen molar-refractivity contribution in [1.29, 1.82) is 0 Å². The van der Waals surface area contributed by atoms with Crippen LogP contribution in [0.2, 0.25) is 0 Å². The Morgan fingerprint density at radius 2 is 2.19 bits per heavy atom. The van der Waals surface area contributed by atoms with Gasteiger partial charge in [-0.25, -0.2) is 4.98 Å². The minimum Gasteiger partial charge on any atom is -0.592 e. The number of allylic oxidation sites excluding steroid dienone is 2. The molecule has 1 aromatic carbocycles. The van der Waals surface area contributed by atoms with Gasteiger partial charge in [0.05, 0.1) is 23.6 Å². The predicted molar refractivity (Wildman–Crippen MR) is 79.7 cm³/mol. The molecule has 0 fully saturated rings. The third kappa shape index (κ3) is 1.80. The Morgan fingerprint density at radius 1 is 1.24 bits per heavy atom. The third-order valence-electron chi connectivity index (χ3n) is 3.27. The van der Waals surface area contributed by atoms with E-state index in [2.05, 4.69) is 31.9 Å². The average molecular weight is 275 g/mol. The zero-order valence-electron chi connectivity index (χ0n) is 10.8. The van der Waals surface area contributed by atoms with E-state index in [0.717, 1.165) is 16.6 Å². The number of imidazole rings is 1. The molecule has 0 saturated carbocycles. The lowest BCUT2D eigenvalue weighted by atomic mass is 10.2. The Kier molecular flexibility index (Phi) is 2.38. The number of aliphatic imine (C=N–C) groups is 1. The summed E-state index contributed by atoms with van der Waals surface area (Å²) in [5.41, 5.74) is 2.87. The fourth-order valence-electron chi connectivity index (χ4n) is 2.19. The van der Waals surface area contributed by atoms with Crippen LogP contribution in [-0.4, -0.2) is 26.8 Å². The first-order chi connectivity index (χ1) is 10.3. The first-order valence-corrected chi connectivity index (χ1v) is 6.32. The average Bonchev–Trinajstić information content (AvgIpc) is 3.08. The molecule has 21 heavy (non-hydrogen) atoms. The number of H-pyrrole nitrogens is 1. The summed E-state index contributed by atoms with van der Waals surface area (Å²) in [5, 5.41) is 16.5. The summed E-state index contributed by atoms with van der Waals surface area (Å²) < 4.78 is -0.964. The summed E-state index contributed by atoms with van der Waals surface area (Å²) in [6.45, 7) is 0. The highest BCUT2D eigenvalue weighted by atomic mass is 16.6. The normalized spacial score (nSPS) is 22.5. The highest BCUT2D eigenvalue weighted by molar-refractivity contribution is 5.96. The van der Waals surface area contributed by atoms with Crippen molar-refractivity contribution in [3.8, 4) is 11.8 Å². The van der Waals surface area contributed by atoms with Crippen LogP contribution in [0.3, 0.4) is 0 Å². The Hall–Kier alpha value is -3.01. The molecule has 1 unspecified atom stereocenters. The monoisotopic (exact) mass is 275 g/mol. The van der Waals surface area contributed by atoms with E-state index in [0.29, 0.717) is 11.5 Å². The zero-order chi connectivity index (χ0) is 14.3. The van der Waals surface area contributed by atoms with Crippen LogP contribution in [0.5, 0.6) is 0 Å². The number of fused-ring (bicyclic) bond motifs is 2. The number of benzene rings is 1. The van der Waals surface area contributed by atoms with E-state index in [1.54, 1.807) is 18.5 Å². The van der Waals surface area contributed by atoms with Crippen LogP contribution in [0.4, 0.5) is 0 Å². The van der Waals surface area contributed by atoms with Gasteiger partial charge in [0.2, 0.25) is 5.70 Å². The fourth-order valence-corrected chi connectivity index (χ4v) is 2.19. The molecule has 2 aliphatic heterocycles. The molecule has 0 aliphatic carbocycles. The van der Waals surface area contributed by atoms with Crippen LogP contribution in [0.1, 0.15) is 5.56 Å². The lowest BCUT2D eigenvalue weighted by Crippen LogP contribution is -2.39. The highest BCUT2D eigenvalue weighted by Crippen LogP contribution is 2.26. The van der Waals surface area contributed by atoms with Crippen molar-refractivity contribution in [2.75, 3.05) is 0 Å². The van der Waals surface area contributed by atoms with Crippen LogP contribution in [0, 0.1) is 17.0 Å². The summed E-state index contributed by atoms with van der Waals surface area (Å²) in [7, 11) is 0. The van der Waals surface area contributed by atoms with E-state index in [1.807, 2.05) is 18.2 Å². The number of quaternary nitrogens is 1. The summed E-state index contributed by atoms with van der Waals surface area (Å²) in [6, 6.07) is 5.64. The summed E-state index contributed by atoms with van der Waals surface area (Å²) in [6.07, 6.45) is 7.88. The molecule has 0 amide bonds. The second-order valence-electron chi connectivity index (χ2n) is 4.59. The Bertz CT molecular complexity index is 922. The molecule has 1 atom stereocenters. The molecule has 0 radical (unpaired) electrons. The molecule has 0 saturated heterocycles. The molecule has 2 aliphatic rings. The predicted octanol–water partition coefficient (Wildman–Crippen LogP) is 2.04. The molecule has 1 aromatic heterocycles. The van der Waals surface area contributed by atoms with Gasteiger partial charge < -0.3 is 10.2 Å². The number of nitrogens with one attached hydrogen (secondary N) is 1. The SMILES string of the molecule is [O-][N+]12N=CC=CC1=NC=C2C#Cc1ccc2[nH]cnc2c1. The van der Waals surface area contributed by atoms with E-state index in [1.165, 1.54) is 12.4 Å². The van der Waals surface area contributed by atoms with Gasteiger partial charge in [-0.05, 0) is 24.3 Å². The maximum absolute atomic E-state index is 12.6. The molecule has 100 valence electrons. The number of amidine groups is 1. The smallest absolute Gasteiger partial charge is 0.260 e. The van der Waals surface area contributed by atoms with Crippen LogP contribution < -0.4 is 0 Å². The molecule has 1 N–H and O–H groups in total. The molecule has 4 rings (SSSR count). The molecule has 6 heteroatoms. The van der Waals surface area contributed by atoms with Gasteiger partial charge in [-0.15, -0.1) is 4.76 Å². The number of aromatic nitrogens is 2. The van der Waals surface area contributed by atoms with Crippen molar-refractivity contribution >= 4 is 23.1 Å². The first-order valence-electron chi connectivity index (χ1n) is 6.32. The molecule has 2 aromatic rings. The standard InChI is InChI=1S/C15H9N5O/c21-20-12(9-16-15(20)2-1-7-19-20)5-3-11-4-6-13-14(8-11)18-10-17-13/h1-2,4,6-10H,(H,17,18). The van der Waals surface area contributed by atoms with Crippen molar-refractivity contribution in [3.05, 3.63) is 59.3 Å². The number of hydrogen-bond donors (Lipinski definition) is 1. The number of hydroxylamine groups is 2. The van der Waals surface area contributed by atoms with Crippen LogP contribution >= 0.6 is 0 Å². The van der Waals surface area contributed by atoms with Gasteiger partial charge in [0.25, 0.3) is 5.84 Å². The molecular weight excluding hydrogens is 266 g/mol. The number of aromatic amines is 1. The van der Waals surface area contributed by atoms with Crippen molar-refractivity contribution in [2.24, 2.45) is 10.1 Å². The number of hydrogen-bond acceptors (Lipinski definition) is 4. The number of nitrogens with zero attached hydrogens (tertiary/aromatic N) is 4. The van der Waals surface area contributed by atoms with E-state index in [4.69, 9.17) is 0 Å². The van der Waals surface area contributed by atoms with Crippen molar-refractivity contribution < 1.29 is 4.76 Å². The minimum absolute atomic E-state index is 0.299. The van der Waals surface area contributed by atoms with Crippen LogP contribution in [-0.2, 0) is 0 Å². The van der Waals surface area contributed by atoms with E-state index in [-0.39, 0.29) is 0 Å². The summed E-state index contributed by atoms with van der Waals surface area (Å²) >= 11 is 0. The van der Waals surface area contributed by atoms with Gasteiger partial charge >= 0.3 is 0 Å². The van der Waals surface area contributed by atoms with E-state index < -0.39 is 4.76 Å². The zero-order valence-corrected chi connectivity index (χ0v) is 10.8. The maximum Gasteiger partial charge on any atom is 0.260 e. The second kappa shape index (κ2) is 4.24. The largest absolute Gasteiger partial charge is 0.592 e. The van der Waals surface area contributed by atoms with Crippen molar-refractivity contribution in [1.82, 2.24) is 9.97 Å². The molecule has 3 heterocycles. The lowest BCUT2D eigenvalue weighted by molar-refractivity contribution is -0.746. The van der Waals surface area contributed by atoms with Crippen LogP contribution in [0.25, 0.3) is 11.0 Å². The summed E-state index contributed by atoms with van der Waals surface area (Å²) in [4.78, 5) is 11.3. The van der Waals surface area contributed by atoms with Gasteiger partial charge in [-0.2, -0.15) is 4.99 Å². The third-order valence-corrected chi connectivity index (χ3v) is 3.27. The Labute approximate surface area is 120 Å². The fraction of sp³-hybridized carbons (Fsp3) is 0. The van der Waals surface area contributed by atoms with E-state index >= 15 is 0 Å². The van der Waals surface area contributed by atoms with Crippen molar-refractivity contribution in [2.45, 2.75) is 0 Å². The molecular formula is C15H9N5O. The van der Waals surface area contributed by atoms with Gasteiger partial charge in [0.15, 0.2) is 0 Å². The van der Waals surface area contributed by atoms with Gasteiger partial charge in [0, 0.05) is 17.6 Å². The second-order valence-corrected chi connectivity index (χ2v) is 4.59. The molecule has 0 spiro atoms. The summed E-state index contributed by atoms with van der Waals surface area (Å²) in [5.74, 6) is 6.16. The van der Waals surface area contributed by atoms with Crippen LogP contribution in [0.15, 0.2) is 58.7 Å². The molecule has 0 bridgehead atoms. The topological polar surface area (TPSA) is 76.5 Å². The van der Waals surface area contributed by atoms with Crippen molar-refractivity contribution in [3.63, 3.8) is 0 Å². The molecule has 6 nitrogen and oxygen atoms in total. The first kappa shape index (κ1) is 11.8. The van der Waals surface area contributed by atoms with Gasteiger partial charge in [-0.3, -0.25) is 0 Å². The highest BCUT2D eigenvalue weighted by Gasteiger charge is 2.34. The maximum atomic E-state index is 12.6. The lowest BCUT2D eigenvalue weighted by Gasteiger charge is -2.30.